The van der Waals surface area contributed by atoms with Gasteiger partial charge in [-0.25, -0.2) is 0 Å². The number of hydrogen-bond acceptors (Lipinski definition) is 3. The van der Waals surface area contributed by atoms with Crippen LogP contribution in [0.1, 0.15) is 41.4 Å². The van der Waals surface area contributed by atoms with E-state index in [0.29, 0.717) is 11.3 Å². The van der Waals surface area contributed by atoms with Crippen molar-refractivity contribution in [3.8, 4) is 0 Å². The third-order valence-corrected chi connectivity index (χ3v) is 5.35. The number of rotatable bonds is 3. The van der Waals surface area contributed by atoms with E-state index in [-0.39, 0.29) is 23.1 Å². The van der Waals surface area contributed by atoms with Crippen LogP contribution in [0.3, 0.4) is 0 Å². The summed E-state index contributed by atoms with van der Waals surface area (Å²) < 4.78 is 0. The average molecular weight is 340 g/mol. The van der Waals surface area contributed by atoms with Crippen LogP contribution in [0, 0.1) is 6.92 Å². The van der Waals surface area contributed by atoms with Gasteiger partial charge in [0, 0.05) is 10.5 Å². The minimum Gasteiger partial charge on any atom is -0.346 e. The number of benzene rings is 2. The fourth-order valence-electron chi connectivity index (χ4n) is 2.78. The summed E-state index contributed by atoms with van der Waals surface area (Å²) in [6.45, 7) is 5.87. The van der Waals surface area contributed by atoms with E-state index < -0.39 is 0 Å². The van der Waals surface area contributed by atoms with Gasteiger partial charge in [-0.1, -0.05) is 24.3 Å². The minimum absolute atomic E-state index is 0.0293. The van der Waals surface area contributed by atoms with Gasteiger partial charge in [0.1, 0.15) is 0 Å². The first-order valence-corrected chi connectivity index (χ1v) is 8.81. The maximum Gasteiger partial charge on any atom is 0.251 e. The summed E-state index contributed by atoms with van der Waals surface area (Å²) in [6, 6.07) is 13.4. The van der Waals surface area contributed by atoms with Crippen LogP contribution in [0.2, 0.25) is 0 Å². The maximum atomic E-state index is 12.5. The predicted octanol–water partition coefficient (Wildman–Crippen LogP) is 3.92. The molecule has 3 rings (SSSR count). The molecule has 0 aromatic heterocycles. The number of aryl methyl sites for hydroxylation is 1. The smallest absolute Gasteiger partial charge is 0.251 e. The summed E-state index contributed by atoms with van der Waals surface area (Å²) in [5.41, 5.74) is 3.50. The Hall–Kier alpha value is -2.27. The van der Waals surface area contributed by atoms with Crippen molar-refractivity contribution in [1.29, 1.82) is 0 Å². The molecular weight excluding hydrogens is 320 g/mol. The molecule has 5 heteroatoms. The zero-order valence-electron chi connectivity index (χ0n) is 13.9. The van der Waals surface area contributed by atoms with Crippen LogP contribution in [-0.4, -0.2) is 17.1 Å². The lowest BCUT2D eigenvalue weighted by molar-refractivity contribution is -0.115. The molecule has 0 unspecified atom stereocenters. The lowest BCUT2D eigenvalue weighted by Crippen LogP contribution is -2.29. The molecular formula is C19H20N2O2S. The highest BCUT2D eigenvalue weighted by atomic mass is 32.2. The summed E-state index contributed by atoms with van der Waals surface area (Å²) in [4.78, 5) is 25.3. The largest absolute Gasteiger partial charge is 0.346 e. The second-order valence-corrected chi connectivity index (χ2v) is 7.39. The van der Waals surface area contributed by atoms with E-state index in [1.54, 1.807) is 12.1 Å². The molecule has 4 nitrogen and oxygen atoms in total. The Morgan fingerprint density at radius 2 is 2.00 bits per heavy atom. The Labute approximate surface area is 146 Å². The number of hydrogen-bond donors (Lipinski definition) is 2. The van der Waals surface area contributed by atoms with Crippen LogP contribution in [0.4, 0.5) is 5.69 Å². The Morgan fingerprint density at radius 1 is 1.25 bits per heavy atom. The average Bonchev–Trinajstić information content (AvgIpc) is 2.55. The molecule has 1 heterocycles. The fourth-order valence-corrected chi connectivity index (χ4v) is 3.71. The highest BCUT2D eigenvalue weighted by Gasteiger charge is 2.24. The molecule has 2 N–H and O–H groups in total. The monoisotopic (exact) mass is 340 g/mol. The molecule has 0 saturated heterocycles. The van der Waals surface area contributed by atoms with Crippen molar-refractivity contribution in [3.63, 3.8) is 0 Å². The topological polar surface area (TPSA) is 58.2 Å². The quantitative estimate of drug-likeness (QED) is 0.890. The van der Waals surface area contributed by atoms with Crippen molar-refractivity contribution >= 4 is 29.3 Å². The molecule has 1 aliphatic heterocycles. The van der Waals surface area contributed by atoms with E-state index >= 15 is 0 Å². The third kappa shape index (κ3) is 3.31. The summed E-state index contributed by atoms with van der Waals surface area (Å²) in [5.74, 6) is -0.176. The molecule has 0 saturated carbocycles. The molecule has 2 aromatic rings. The van der Waals surface area contributed by atoms with Gasteiger partial charge in [0.25, 0.3) is 5.91 Å². The number of carbonyl (C=O) groups is 2. The minimum atomic E-state index is -0.147. The highest BCUT2D eigenvalue weighted by Crippen LogP contribution is 2.36. The van der Waals surface area contributed by atoms with Gasteiger partial charge in [-0.15, -0.1) is 11.8 Å². The molecule has 0 spiro atoms. The number of amides is 2. The second kappa shape index (κ2) is 6.69. The van der Waals surface area contributed by atoms with Crippen molar-refractivity contribution < 1.29 is 9.59 Å². The van der Waals surface area contributed by atoms with Crippen LogP contribution >= 0.6 is 11.8 Å². The Bertz CT molecular complexity index is 804. The fraction of sp³-hybridized carbons (Fsp3) is 0.263. The van der Waals surface area contributed by atoms with Crippen molar-refractivity contribution in [2.75, 3.05) is 5.32 Å². The van der Waals surface area contributed by atoms with Crippen molar-refractivity contribution in [2.24, 2.45) is 0 Å². The Balaban J connectivity index is 1.78. The van der Waals surface area contributed by atoms with E-state index in [2.05, 4.69) is 10.6 Å². The molecule has 24 heavy (non-hydrogen) atoms. The van der Waals surface area contributed by atoms with Crippen LogP contribution in [-0.2, 0) is 4.79 Å². The van der Waals surface area contributed by atoms with Crippen LogP contribution in [0.5, 0.6) is 0 Å². The SMILES string of the molecule is Cc1ccccc1[C@H](C)NC(=O)c1ccc2c(c1)NC(=O)[C@H](C)S2. The second-order valence-electron chi connectivity index (χ2n) is 6.01. The maximum absolute atomic E-state index is 12.5. The molecule has 0 aliphatic carbocycles. The third-order valence-electron chi connectivity index (χ3n) is 4.18. The number of anilines is 1. The molecule has 0 fully saturated rings. The van der Waals surface area contributed by atoms with Gasteiger partial charge in [0.15, 0.2) is 0 Å². The first kappa shape index (κ1) is 16.6. The van der Waals surface area contributed by atoms with Crippen molar-refractivity contribution in [2.45, 2.75) is 37.0 Å². The van der Waals surface area contributed by atoms with Crippen LogP contribution in [0.15, 0.2) is 47.4 Å². The van der Waals surface area contributed by atoms with Crippen molar-refractivity contribution in [3.05, 3.63) is 59.2 Å². The van der Waals surface area contributed by atoms with Gasteiger partial charge in [-0.2, -0.15) is 0 Å². The molecule has 124 valence electrons. The van der Waals surface area contributed by atoms with Gasteiger partial charge in [-0.05, 0) is 50.1 Å². The van der Waals surface area contributed by atoms with Gasteiger partial charge in [-0.3, -0.25) is 9.59 Å². The lowest BCUT2D eigenvalue weighted by atomic mass is 10.0. The molecule has 1 aliphatic rings. The molecule has 2 aromatic carbocycles. The van der Waals surface area contributed by atoms with Crippen LogP contribution < -0.4 is 10.6 Å². The molecule has 2 amide bonds. The zero-order chi connectivity index (χ0) is 17.3. The number of nitrogens with one attached hydrogen (secondary N) is 2. The molecule has 0 bridgehead atoms. The predicted molar refractivity (Wildman–Crippen MR) is 97.5 cm³/mol. The van der Waals surface area contributed by atoms with Gasteiger partial charge in [0.2, 0.25) is 5.91 Å². The Morgan fingerprint density at radius 3 is 2.75 bits per heavy atom. The number of fused-ring (bicyclic) bond motifs is 1. The van der Waals surface area contributed by atoms with E-state index in [0.717, 1.165) is 16.0 Å². The van der Waals surface area contributed by atoms with E-state index in [9.17, 15) is 9.59 Å². The first-order chi connectivity index (χ1) is 11.5. The summed E-state index contributed by atoms with van der Waals surface area (Å²) in [5, 5.41) is 5.77. The highest BCUT2D eigenvalue weighted by molar-refractivity contribution is 8.00. The number of carbonyl (C=O) groups excluding carboxylic acids is 2. The molecule has 2 atom stereocenters. The van der Waals surface area contributed by atoms with Crippen molar-refractivity contribution in [1.82, 2.24) is 5.32 Å². The van der Waals surface area contributed by atoms with Gasteiger partial charge < -0.3 is 10.6 Å². The zero-order valence-corrected chi connectivity index (χ0v) is 14.7. The Kier molecular flexibility index (Phi) is 4.62. The first-order valence-electron chi connectivity index (χ1n) is 7.93. The normalized spacial score (nSPS) is 17.6. The summed E-state index contributed by atoms with van der Waals surface area (Å²) in [7, 11) is 0. The molecule has 0 radical (unpaired) electrons. The number of thioether (sulfide) groups is 1. The van der Waals surface area contributed by atoms with E-state index in [1.165, 1.54) is 11.8 Å². The van der Waals surface area contributed by atoms with Gasteiger partial charge in [0.05, 0.1) is 17.0 Å². The van der Waals surface area contributed by atoms with Crippen LogP contribution in [0.25, 0.3) is 0 Å². The summed E-state index contributed by atoms with van der Waals surface area (Å²) in [6.07, 6.45) is 0. The summed E-state index contributed by atoms with van der Waals surface area (Å²) >= 11 is 1.51. The van der Waals surface area contributed by atoms with Gasteiger partial charge >= 0.3 is 0 Å². The standard InChI is InChI=1S/C19H20N2O2S/c1-11-6-4-5-7-15(11)12(2)20-19(23)14-8-9-17-16(10-14)21-18(22)13(3)24-17/h4-10,12-13H,1-3H3,(H,20,23)(H,21,22)/t12-,13-/m0/s1. The lowest BCUT2D eigenvalue weighted by Gasteiger charge is -2.22. The van der Waals surface area contributed by atoms with E-state index in [1.807, 2.05) is 51.1 Å². The van der Waals surface area contributed by atoms with E-state index in [4.69, 9.17) is 0 Å².